The fourth-order valence-corrected chi connectivity index (χ4v) is 3.25. The lowest BCUT2D eigenvalue weighted by atomic mass is 10.3. The molecule has 0 aliphatic carbocycles. The Bertz CT molecular complexity index is 863. The second kappa shape index (κ2) is 8.67. The highest BCUT2D eigenvalue weighted by atomic mass is 32.2. The molecule has 0 spiro atoms. The number of nitro groups is 1. The summed E-state index contributed by atoms with van der Waals surface area (Å²) in [6, 6.07) is 5.96. The van der Waals surface area contributed by atoms with E-state index in [1.54, 1.807) is 37.7 Å². The zero-order valence-electron chi connectivity index (χ0n) is 15.5. The van der Waals surface area contributed by atoms with E-state index in [1.807, 2.05) is 6.92 Å². The number of aromatic nitrogens is 2. The topological polar surface area (TPSA) is 119 Å². The minimum Gasteiger partial charge on any atom is -0.346 e. The van der Waals surface area contributed by atoms with Gasteiger partial charge in [0.05, 0.1) is 33.8 Å². The van der Waals surface area contributed by atoms with Crippen LogP contribution >= 0.6 is 11.8 Å². The third-order valence-electron chi connectivity index (χ3n) is 3.93. The third kappa shape index (κ3) is 5.30. The van der Waals surface area contributed by atoms with Crippen LogP contribution < -0.4 is 10.6 Å². The van der Waals surface area contributed by atoms with Crippen molar-refractivity contribution in [1.82, 2.24) is 15.1 Å². The number of aryl methyl sites for hydroxylation is 2. The number of anilines is 1. The summed E-state index contributed by atoms with van der Waals surface area (Å²) in [5.41, 5.74) is 2.17. The Hall–Kier alpha value is -2.88. The van der Waals surface area contributed by atoms with E-state index in [1.165, 1.54) is 23.9 Å². The van der Waals surface area contributed by atoms with Crippen LogP contribution in [0.4, 0.5) is 11.4 Å². The lowest BCUT2D eigenvalue weighted by Gasteiger charge is -2.12. The van der Waals surface area contributed by atoms with E-state index in [9.17, 15) is 19.7 Å². The van der Waals surface area contributed by atoms with Crippen LogP contribution in [0.2, 0.25) is 0 Å². The molecule has 27 heavy (non-hydrogen) atoms. The first kappa shape index (κ1) is 20.4. The summed E-state index contributed by atoms with van der Waals surface area (Å²) < 4.78 is 1.67. The summed E-state index contributed by atoms with van der Waals surface area (Å²) in [7, 11) is 1.79. The van der Waals surface area contributed by atoms with Crippen molar-refractivity contribution in [2.24, 2.45) is 7.05 Å². The Balaban J connectivity index is 1.85. The maximum absolute atomic E-state index is 12.2. The summed E-state index contributed by atoms with van der Waals surface area (Å²) in [5, 5.41) is 19.8. The Morgan fingerprint density at radius 3 is 2.44 bits per heavy atom. The summed E-state index contributed by atoms with van der Waals surface area (Å²) >= 11 is 1.26. The molecule has 0 radical (unpaired) electrons. The minimum atomic E-state index is -0.477. The Morgan fingerprint density at radius 2 is 1.93 bits per heavy atom. The Kier molecular flexibility index (Phi) is 6.56. The van der Waals surface area contributed by atoms with Crippen LogP contribution in [-0.4, -0.2) is 38.3 Å². The monoisotopic (exact) mass is 391 g/mol. The average Bonchev–Trinajstić information content (AvgIpc) is 2.86. The molecule has 0 unspecified atom stereocenters. The van der Waals surface area contributed by atoms with E-state index in [2.05, 4.69) is 15.7 Å². The second-order valence-electron chi connectivity index (χ2n) is 5.95. The van der Waals surface area contributed by atoms with Crippen LogP contribution in [-0.2, 0) is 16.6 Å². The van der Waals surface area contributed by atoms with Gasteiger partial charge in [0.2, 0.25) is 11.8 Å². The number of hydrogen-bond acceptors (Lipinski definition) is 6. The van der Waals surface area contributed by atoms with Gasteiger partial charge >= 0.3 is 0 Å². The SMILES string of the molecule is Cc1nn(C)c(C)c1NC(=O)CNC(=O)[C@@H](C)Sc1ccc([N+](=O)[O-])cc1. The molecular weight excluding hydrogens is 370 g/mol. The highest BCUT2D eigenvalue weighted by Gasteiger charge is 2.17. The van der Waals surface area contributed by atoms with Crippen molar-refractivity contribution in [3.63, 3.8) is 0 Å². The van der Waals surface area contributed by atoms with Gasteiger partial charge in [0.25, 0.3) is 5.69 Å². The smallest absolute Gasteiger partial charge is 0.269 e. The third-order valence-corrected chi connectivity index (χ3v) is 5.04. The predicted molar refractivity (Wildman–Crippen MR) is 103 cm³/mol. The van der Waals surface area contributed by atoms with E-state index in [-0.39, 0.29) is 24.0 Å². The van der Waals surface area contributed by atoms with Crippen molar-refractivity contribution in [2.75, 3.05) is 11.9 Å². The van der Waals surface area contributed by atoms with E-state index < -0.39 is 10.2 Å². The summed E-state index contributed by atoms with van der Waals surface area (Å²) in [6.45, 7) is 5.19. The maximum Gasteiger partial charge on any atom is 0.269 e. The van der Waals surface area contributed by atoms with Gasteiger partial charge in [-0.2, -0.15) is 5.10 Å². The Labute approximate surface area is 160 Å². The van der Waals surface area contributed by atoms with Gasteiger partial charge in [-0.1, -0.05) is 0 Å². The first-order chi connectivity index (χ1) is 12.7. The van der Waals surface area contributed by atoms with Crippen molar-refractivity contribution < 1.29 is 14.5 Å². The van der Waals surface area contributed by atoms with Crippen LogP contribution in [0.15, 0.2) is 29.2 Å². The minimum absolute atomic E-state index is 0.00545. The van der Waals surface area contributed by atoms with Gasteiger partial charge in [-0.25, -0.2) is 0 Å². The fraction of sp³-hybridized carbons (Fsp3) is 0.353. The number of carbonyl (C=O) groups is 2. The quantitative estimate of drug-likeness (QED) is 0.424. The van der Waals surface area contributed by atoms with Crippen LogP contribution in [0, 0.1) is 24.0 Å². The normalized spacial score (nSPS) is 11.7. The standard InChI is InChI=1S/C17H21N5O4S/c1-10-16(11(2)21(4)20-10)19-15(23)9-18-17(24)12(3)27-14-7-5-13(6-8-14)22(25)26/h5-8,12H,9H2,1-4H3,(H,18,24)(H,19,23)/t12-/m1/s1. The molecule has 2 amide bonds. The van der Waals surface area contributed by atoms with Gasteiger partial charge in [0.15, 0.2) is 0 Å². The van der Waals surface area contributed by atoms with Crippen molar-refractivity contribution in [3.8, 4) is 0 Å². The van der Waals surface area contributed by atoms with Crippen molar-refractivity contribution in [3.05, 3.63) is 45.8 Å². The molecule has 0 aliphatic rings. The molecule has 144 valence electrons. The number of thioether (sulfide) groups is 1. The molecule has 1 heterocycles. The van der Waals surface area contributed by atoms with E-state index >= 15 is 0 Å². The number of non-ortho nitro benzene ring substituents is 1. The number of hydrogen-bond donors (Lipinski definition) is 2. The van der Waals surface area contributed by atoms with Gasteiger partial charge in [-0.05, 0) is 32.9 Å². The first-order valence-electron chi connectivity index (χ1n) is 8.18. The molecule has 10 heteroatoms. The number of amides is 2. The molecule has 0 fully saturated rings. The van der Waals surface area contributed by atoms with Crippen LogP contribution in [0.1, 0.15) is 18.3 Å². The molecule has 2 rings (SSSR count). The highest BCUT2D eigenvalue weighted by molar-refractivity contribution is 8.00. The number of nitro benzene ring substituents is 1. The van der Waals surface area contributed by atoms with Gasteiger partial charge in [0, 0.05) is 24.1 Å². The molecule has 0 saturated heterocycles. The summed E-state index contributed by atoms with van der Waals surface area (Å²) in [6.07, 6.45) is 0. The first-order valence-corrected chi connectivity index (χ1v) is 9.06. The molecule has 2 aromatic rings. The summed E-state index contributed by atoms with van der Waals surface area (Å²) in [4.78, 5) is 35.2. The molecule has 1 aromatic carbocycles. The molecule has 1 aromatic heterocycles. The Morgan fingerprint density at radius 1 is 1.30 bits per heavy atom. The molecule has 9 nitrogen and oxygen atoms in total. The van der Waals surface area contributed by atoms with E-state index in [0.29, 0.717) is 11.4 Å². The predicted octanol–water partition coefficient (Wildman–Crippen LogP) is 2.18. The van der Waals surface area contributed by atoms with Crippen molar-refractivity contribution >= 4 is 35.0 Å². The molecular formula is C17H21N5O4S. The van der Waals surface area contributed by atoms with Crippen LogP contribution in [0.5, 0.6) is 0 Å². The molecule has 1 atom stereocenters. The molecule has 0 aliphatic heterocycles. The zero-order chi connectivity index (χ0) is 20.1. The van der Waals surface area contributed by atoms with E-state index in [0.717, 1.165) is 10.6 Å². The number of nitrogens with one attached hydrogen (secondary N) is 2. The van der Waals surface area contributed by atoms with E-state index in [4.69, 9.17) is 0 Å². The number of carbonyl (C=O) groups excluding carboxylic acids is 2. The van der Waals surface area contributed by atoms with Crippen molar-refractivity contribution in [2.45, 2.75) is 30.9 Å². The van der Waals surface area contributed by atoms with Crippen LogP contribution in [0.3, 0.4) is 0 Å². The fourth-order valence-electron chi connectivity index (χ4n) is 2.35. The van der Waals surface area contributed by atoms with Gasteiger partial charge < -0.3 is 10.6 Å². The largest absolute Gasteiger partial charge is 0.346 e. The maximum atomic E-state index is 12.2. The van der Waals surface area contributed by atoms with Gasteiger partial charge in [-0.3, -0.25) is 24.4 Å². The molecule has 2 N–H and O–H groups in total. The molecule has 0 bridgehead atoms. The average molecular weight is 391 g/mol. The highest BCUT2D eigenvalue weighted by Crippen LogP contribution is 2.25. The number of benzene rings is 1. The zero-order valence-corrected chi connectivity index (χ0v) is 16.3. The van der Waals surface area contributed by atoms with Gasteiger partial charge in [0.1, 0.15) is 0 Å². The number of rotatable bonds is 7. The lowest BCUT2D eigenvalue weighted by molar-refractivity contribution is -0.384. The second-order valence-corrected chi connectivity index (χ2v) is 7.36. The summed E-state index contributed by atoms with van der Waals surface area (Å²) in [5.74, 6) is -0.636. The van der Waals surface area contributed by atoms with Gasteiger partial charge in [-0.15, -0.1) is 11.8 Å². The molecule has 0 saturated carbocycles. The lowest BCUT2D eigenvalue weighted by Crippen LogP contribution is -2.37. The number of nitrogens with zero attached hydrogens (tertiary/aromatic N) is 3. The van der Waals surface area contributed by atoms with Crippen molar-refractivity contribution in [1.29, 1.82) is 0 Å². The van der Waals surface area contributed by atoms with Crippen LogP contribution in [0.25, 0.3) is 0 Å².